The summed E-state index contributed by atoms with van der Waals surface area (Å²) >= 11 is 0. The van der Waals surface area contributed by atoms with Crippen LogP contribution < -0.4 is 16.6 Å². The Morgan fingerprint density at radius 1 is 0.894 bits per heavy atom. The molecule has 2 aromatic heterocycles. The van der Waals surface area contributed by atoms with Crippen molar-refractivity contribution in [2.45, 2.75) is 58.0 Å². The number of nitrogens with two attached hydrogens (primary N) is 1. The molecular formula is C33H36F6N4O4. The van der Waals surface area contributed by atoms with Crippen molar-refractivity contribution in [3.8, 4) is 11.1 Å². The van der Waals surface area contributed by atoms with Crippen molar-refractivity contribution in [1.82, 2.24) is 14.9 Å². The first-order chi connectivity index (χ1) is 22.2. The number of benzene rings is 2. The maximum Gasteiger partial charge on any atom is 0.416 e. The van der Waals surface area contributed by atoms with Gasteiger partial charge in [-0.25, -0.2) is 0 Å². The molecule has 0 aliphatic heterocycles. The van der Waals surface area contributed by atoms with Gasteiger partial charge in [-0.1, -0.05) is 35.9 Å². The van der Waals surface area contributed by atoms with Gasteiger partial charge in [0.15, 0.2) is 0 Å². The Hall–Kier alpha value is -4.27. The van der Waals surface area contributed by atoms with E-state index in [4.69, 9.17) is 10.8 Å². The maximum absolute atomic E-state index is 13.7. The van der Waals surface area contributed by atoms with Crippen LogP contribution in [0.15, 0.2) is 65.6 Å². The van der Waals surface area contributed by atoms with Crippen molar-refractivity contribution in [2.24, 2.45) is 5.73 Å². The molecule has 0 fully saturated rings. The van der Waals surface area contributed by atoms with Crippen LogP contribution in [0.1, 0.15) is 58.4 Å². The van der Waals surface area contributed by atoms with Crippen molar-refractivity contribution < 1.29 is 41.4 Å². The van der Waals surface area contributed by atoms with Crippen LogP contribution in [0, 0.1) is 6.92 Å². The number of aromatic nitrogens is 2. The van der Waals surface area contributed by atoms with E-state index < -0.39 is 47.1 Å². The van der Waals surface area contributed by atoms with Crippen LogP contribution in [-0.2, 0) is 25.4 Å². The summed E-state index contributed by atoms with van der Waals surface area (Å²) in [6, 6.07) is 11.3. The lowest BCUT2D eigenvalue weighted by atomic mass is 9.97. The number of amides is 1. The van der Waals surface area contributed by atoms with Gasteiger partial charge < -0.3 is 25.8 Å². The maximum atomic E-state index is 13.7. The molecule has 0 aliphatic carbocycles. The van der Waals surface area contributed by atoms with E-state index in [0.29, 0.717) is 48.0 Å². The number of rotatable bonds is 11. The number of halogens is 6. The number of aliphatic hydroxyl groups excluding tert-OH is 2. The largest absolute Gasteiger partial charge is 0.416 e. The molecule has 14 heteroatoms. The summed E-state index contributed by atoms with van der Waals surface area (Å²) in [6.07, 6.45) is -6.25. The average molecular weight is 667 g/mol. The minimum absolute atomic E-state index is 0.00923. The number of pyridine rings is 2. The first kappa shape index (κ1) is 37.2. The van der Waals surface area contributed by atoms with E-state index in [1.165, 1.54) is 10.8 Å². The fourth-order valence-corrected chi connectivity index (χ4v) is 4.76. The minimum Gasteiger partial charge on any atom is -0.396 e. The molecule has 0 radical (unpaired) electrons. The summed E-state index contributed by atoms with van der Waals surface area (Å²) in [6.45, 7) is 2.00. The SMILES string of the molecule is Cc1ccc(-c2c(C(=O)NCc3cc(C(F)(F)F)cc(C(F)(F)F)c3)n(CCCCO)c(=O)c3ncccc23)cc1.NCCCCO. The van der Waals surface area contributed by atoms with Gasteiger partial charge in [0.2, 0.25) is 0 Å². The van der Waals surface area contributed by atoms with E-state index >= 15 is 0 Å². The van der Waals surface area contributed by atoms with Crippen LogP contribution >= 0.6 is 0 Å². The normalized spacial score (nSPS) is 11.7. The van der Waals surface area contributed by atoms with Gasteiger partial charge in [0, 0.05) is 43.4 Å². The second-order valence-corrected chi connectivity index (χ2v) is 10.7. The van der Waals surface area contributed by atoms with Crippen LogP contribution in [0.4, 0.5) is 26.3 Å². The number of carbonyl (C=O) groups excluding carboxylic acids is 1. The summed E-state index contributed by atoms with van der Waals surface area (Å²) < 4.78 is 81.3. The Labute approximate surface area is 266 Å². The number of aryl methyl sites for hydroxylation is 1. The highest BCUT2D eigenvalue weighted by Crippen LogP contribution is 2.36. The van der Waals surface area contributed by atoms with Gasteiger partial charge in [-0.15, -0.1) is 0 Å². The fraction of sp³-hybridized carbons (Fsp3) is 0.364. The molecule has 0 spiro atoms. The number of nitrogens with one attached hydrogen (secondary N) is 1. The van der Waals surface area contributed by atoms with E-state index in [2.05, 4.69) is 10.3 Å². The molecule has 2 aromatic carbocycles. The number of unbranched alkanes of at least 4 members (excludes halogenated alkanes) is 2. The molecule has 47 heavy (non-hydrogen) atoms. The molecule has 5 N–H and O–H groups in total. The van der Waals surface area contributed by atoms with E-state index in [-0.39, 0.29) is 37.0 Å². The van der Waals surface area contributed by atoms with Gasteiger partial charge in [-0.2, -0.15) is 26.3 Å². The monoisotopic (exact) mass is 666 g/mol. The predicted octanol–water partition coefficient (Wildman–Crippen LogP) is 5.83. The number of alkyl halides is 6. The van der Waals surface area contributed by atoms with Gasteiger partial charge in [-0.05, 0) is 74.5 Å². The van der Waals surface area contributed by atoms with Gasteiger partial charge >= 0.3 is 12.4 Å². The van der Waals surface area contributed by atoms with Crippen LogP contribution in [0.3, 0.4) is 0 Å². The van der Waals surface area contributed by atoms with Gasteiger partial charge in [0.05, 0.1) is 11.1 Å². The van der Waals surface area contributed by atoms with Crippen molar-refractivity contribution >= 4 is 16.8 Å². The van der Waals surface area contributed by atoms with Crippen molar-refractivity contribution in [3.05, 3.63) is 99.1 Å². The van der Waals surface area contributed by atoms with Crippen LogP contribution in [0.2, 0.25) is 0 Å². The third-order valence-electron chi connectivity index (χ3n) is 7.09. The average Bonchev–Trinajstić information content (AvgIpc) is 3.03. The number of fused-ring (bicyclic) bond motifs is 1. The number of nitrogens with zero attached hydrogens (tertiary/aromatic N) is 2. The highest BCUT2D eigenvalue weighted by molar-refractivity contribution is 6.07. The molecule has 4 rings (SSSR count). The molecule has 0 saturated heterocycles. The molecule has 0 atom stereocenters. The van der Waals surface area contributed by atoms with Crippen LogP contribution in [0.5, 0.6) is 0 Å². The topological polar surface area (TPSA) is 130 Å². The Kier molecular flexibility index (Phi) is 13.1. The standard InChI is InChI=1S/C29H25F6N3O3.C4H11NO/c1-17-6-8-19(9-7-17)23-22-5-4-10-36-24(22)27(41)38(11-2-3-12-39)25(23)26(40)37-16-18-13-20(28(30,31)32)15-21(14-18)29(33,34)35;5-3-1-2-4-6/h4-10,13-15,39H,2-3,11-12,16H2,1H3,(H,37,40);6H,1-5H2. The molecule has 0 saturated carbocycles. The van der Waals surface area contributed by atoms with Gasteiger partial charge in [-0.3, -0.25) is 14.6 Å². The Morgan fingerprint density at radius 3 is 2.02 bits per heavy atom. The van der Waals surface area contributed by atoms with Gasteiger partial charge in [0.25, 0.3) is 11.5 Å². The van der Waals surface area contributed by atoms with Crippen LogP contribution in [-0.4, -0.2) is 45.4 Å². The molecule has 0 bridgehead atoms. The molecule has 2 heterocycles. The Morgan fingerprint density at radius 2 is 1.49 bits per heavy atom. The van der Waals surface area contributed by atoms with Crippen LogP contribution in [0.25, 0.3) is 22.0 Å². The highest BCUT2D eigenvalue weighted by atomic mass is 19.4. The molecule has 1 amide bonds. The van der Waals surface area contributed by atoms with E-state index in [1.54, 1.807) is 36.4 Å². The third-order valence-corrected chi connectivity index (χ3v) is 7.09. The zero-order valence-electron chi connectivity index (χ0n) is 25.6. The summed E-state index contributed by atoms with van der Waals surface area (Å²) in [4.78, 5) is 31.4. The first-order valence-corrected chi connectivity index (χ1v) is 14.8. The van der Waals surface area contributed by atoms with Crippen molar-refractivity contribution in [2.75, 3.05) is 19.8 Å². The van der Waals surface area contributed by atoms with E-state index in [0.717, 1.165) is 18.4 Å². The van der Waals surface area contributed by atoms with E-state index in [1.807, 2.05) is 6.92 Å². The lowest BCUT2D eigenvalue weighted by Crippen LogP contribution is -2.34. The Bertz CT molecular complexity index is 1670. The number of carbonyl (C=O) groups is 1. The summed E-state index contributed by atoms with van der Waals surface area (Å²) in [5, 5.41) is 20.2. The summed E-state index contributed by atoms with van der Waals surface area (Å²) in [5.41, 5.74) is 2.82. The lowest BCUT2D eigenvalue weighted by molar-refractivity contribution is -0.143. The third kappa shape index (κ3) is 9.86. The quantitative estimate of drug-likeness (QED) is 0.118. The smallest absolute Gasteiger partial charge is 0.396 e. The molecule has 0 aliphatic rings. The molecule has 254 valence electrons. The zero-order valence-corrected chi connectivity index (χ0v) is 25.6. The number of aliphatic hydroxyl groups is 2. The van der Waals surface area contributed by atoms with Crippen molar-refractivity contribution in [1.29, 1.82) is 0 Å². The highest BCUT2D eigenvalue weighted by Gasteiger charge is 2.37. The molecular weight excluding hydrogens is 630 g/mol. The minimum atomic E-state index is -5.04. The van der Waals surface area contributed by atoms with Crippen molar-refractivity contribution in [3.63, 3.8) is 0 Å². The lowest BCUT2D eigenvalue weighted by Gasteiger charge is -2.20. The van der Waals surface area contributed by atoms with E-state index in [9.17, 15) is 41.0 Å². The summed E-state index contributed by atoms with van der Waals surface area (Å²) in [7, 11) is 0. The second-order valence-electron chi connectivity index (χ2n) is 10.7. The second kappa shape index (κ2) is 16.5. The number of hydrogen-bond acceptors (Lipinski definition) is 6. The summed E-state index contributed by atoms with van der Waals surface area (Å²) in [5.74, 6) is -0.876. The number of hydrogen-bond donors (Lipinski definition) is 4. The predicted molar refractivity (Wildman–Crippen MR) is 165 cm³/mol. The molecule has 0 unspecified atom stereocenters. The zero-order chi connectivity index (χ0) is 34.8. The van der Waals surface area contributed by atoms with Gasteiger partial charge in [0.1, 0.15) is 11.2 Å². The molecule has 4 aromatic rings. The molecule has 8 nitrogen and oxygen atoms in total. The first-order valence-electron chi connectivity index (χ1n) is 14.8. The Balaban J connectivity index is 0.000000913. The fourth-order valence-electron chi connectivity index (χ4n) is 4.76.